The zero-order chi connectivity index (χ0) is 20.1. The first-order chi connectivity index (χ1) is 13.5. The summed E-state index contributed by atoms with van der Waals surface area (Å²) in [6.07, 6.45) is 0. The quantitative estimate of drug-likeness (QED) is 0.573. The lowest BCUT2D eigenvalue weighted by molar-refractivity contribution is 0.102. The van der Waals surface area contributed by atoms with Gasteiger partial charge in [-0.05, 0) is 37.6 Å². The lowest BCUT2D eigenvalue weighted by Gasteiger charge is -2.14. The van der Waals surface area contributed by atoms with Gasteiger partial charge in [0.2, 0.25) is 0 Å². The second-order valence-corrected chi connectivity index (χ2v) is 7.21. The van der Waals surface area contributed by atoms with Crippen LogP contribution in [-0.4, -0.2) is 25.3 Å². The van der Waals surface area contributed by atoms with Crippen LogP contribution in [-0.2, 0) is 5.75 Å². The molecule has 0 saturated heterocycles. The van der Waals surface area contributed by atoms with E-state index in [4.69, 9.17) is 14.0 Å². The average molecular weight is 398 g/mol. The van der Waals surface area contributed by atoms with Crippen molar-refractivity contribution in [1.82, 2.24) is 5.16 Å². The Balaban J connectivity index is 1.79. The van der Waals surface area contributed by atoms with Crippen LogP contribution in [0.15, 0.2) is 51.9 Å². The fraction of sp³-hybridized carbons (Fsp3) is 0.238. The highest BCUT2D eigenvalue weighted by atomic mass is 32.2. The number of carbonyl (C=O) groups is 1. The third kappa shape index (κ3) is 4.48. The standard InChI is InChI=1S/C21H22N2O4S/c1-13-9-18(25-3)19(26-4)11-17(13)22-21(24)16-7-5-6-8-20(16)28-12-15-10-14(2)23-27-15/h5-11H,12H2,1-4H3,(H,22,24). The number of aryl methyl sites for hydroxylation is 2. The second kappa shape index (κ2) is 8.84. The summed E-state index contributed by atoms with van der Waals surface area (Å²) in [4.78, 5) is 13.8. The minimum atomic E-state index is -0.188. The van der Waals surface area contributed by atoms with Gasteiger partial charge in [-0.2, -0.15) is 0 Å². The van der Waals surface area contributed by atoms with Crippen LogP contribution in [0.2, 0.25) is 0 Å². The predicted molar refractivity (Wildman–Crippen MR) is 109 cm³/mol. The molecule has 2 aromatic carbocycles. The normalized spacial score (nSPS) is 10.6. The number of aromatic nitrogens is 1. The van der Waals surface area contributed by atoms with Gasteiger partial charge in [0.1, 0.15) is 5.76 Å². The van der Waals surface area contributed by atoms with E-state index in [-0.39, 0.29) is 5.91 Å². The van der Waals surface area contributed by atoms with Crippen molar-refractivity contribution in [2.24, 2.45) is 0 Å². The number of amides is 1. The molecule has 0 aliphatic carbocycles. The molecule has 0 unspecified atom stereocenters. The third-order valence-electron chi connectivity index (χ3n) is 4.16. The number of carbonyl (C=O) groups excluding carboxylic acids is 1. The van der Waals surface area contributed by atoms with Crippen molar-refractivity contribution in [2.75, 3.05) is 19.5 Å². The Morgan fingerprint density at radius 2 is 1.82 bits per heavy atom. The molecular formula is C21H22N2O4S. The highest BCUT2D eigenvalue weighted by Gasteiger charge is 2.15. The minimum Gasteiger partial charge on any atom is -0.493 e. The van der Waals surface area contributed by atoms with Crippen molar-refractivity contribution in [3.63, 3.8) is 0 Å². The van der Waals surface area contributed by atoms with E-state index < -0.39 is 0 Å². The summed E-state index contributed by atoms with van der Waals surface area (Å²) < 4.78 is 15.9. The molecular weight excluding hydrogens is 376 g/mol. The van der Waals surface area contributed by atoms with E-state index in [2.05, 4.69) is 10.5 Å². The minimum absolute atomic E-state index is 0.188. The van der Waals surface area contributed by atoms with Crippen LogP contribution >= 0.6 is 11.8 Å². The van der Waals surface area contributed by atoms with Crippen LogP contribution in [0.25, 0.3) is 0 Å². The first-order valence-corrected chi connectivity index (χ1v) is 9.68. The molecule has 3 aromatic rings. The van der Waals surface area contributed by atoms with Crippen molar-refractivity contribution in [2.45, 2.75) is 24.5 Å². The molecule has 0 fully saturated rings. The first-order valence-electron chi connectivity index (χ1n) is 8.69. The van der Waals surface area contributed by atoms with Crippen molar-refractivity contribution in [3.05, 3.63) is 65.0 Å². The van der Waals surface area contributed by atoms with E-state index in [1.165, 1.54) is 11.8 Å². The summed E-state index contributed by atoms with van der Waals surface area (Å²) in [6, 6.07) is 13.0. The average Bonchev–Trinajstić information content (AvgIpc) is 3.12. The lowest BCUT2D eigenvalue weighted by atomic mass is 10.1. The molecule has 1 aromatic heterocycles. The van der Waals surface area contributed by atoms with E-state index >= 15 is 0 Å². The van der Waals surface area contributed by atoms with Gasteiger partial charge in [0.15, 0.2) is 11.5 Å². The fourth-order valence-electron chi connectivity index (χ4n) is 2.72. The maximum atomic E-state index is 12.9. The maximum Gasteiger partial charge on any atom is 0.256 e. The number of benzene rings is 2. The van der Waals surface area contributed by atoms with Crippen LogP contribution < -0.4 is 14.8 Å². The Kier molecular flexibility index (Phi) is 6.26. The van der Waals surface area contributed by atoms with E-state index in [9.17, 15) is 4.79 Å². The van der Waals surface area contributed by atoms with Crippen molar-refractivity contribution in [1.29, 1.82) is 0 Å². The van der Waals surface area contributed by atoms with Gasteiger partial charge in [0, 0.05) is 22.7 Å². The second-order valence-electron chi connectivity index (χ2n) is 6.20. The number of hydrogen-bond acceptors (Lipinski definition) is 6. The highest BCUT2D eigenvalue weighted by Crippen LogP contribution is 2.34. The number of nitrogens with one attached hydrogen (secondary N) is 1. The summed E-state index contributed by atoms with van der Waals surface area (Å²) in [5.74, 6) is 2.37. The van der Waals surface area contributed by atoms with E-state index in [1.54, 1.807) is 26.4 Å². The number of methoxy groups -OCH3 is 2. The van der Waals surface area contributed by atoms with Crippen LogP contribution in [0, 0.1) is 13.8 Å². The van der Waals surface area contributed by atoms with Crippen LogP contribution in [0.1, 0.15) is 27.4 Å². The Morgan fingerprint density at radius 1 is 1.11 bits per heavy atom. The van der Waals surface area contributed by atoms with Gasteiger partial charge in [-0.25, -0.2) is 0 Å². The number of anilines is 1. The monoisotopic (exact) mass is 398 g/mol. The Hall–Kier alpha value is -2.93. The maximum absolute atomic E-state index is 12.9. The number of ether oxygens (including phenoxy) is 2. The van der Waals surface area contributed by atoms with Gasteiger partial charge in [0.25, 0.3) is 5.91 Å². The van der Waals surface area contributed by atoms with Gasteiger partial charge < -0.3 is 19.3 Å². The molecule has 1 heterocycles. The summed E-state index contributed by atoms with van der Waals surface area (Å²) >= 11 is 1.53. The number of hydrogen-bond donors (Lipinski definition) is 1. The molecule has 0 radical (unpaired) electrons. The molecule has 0 bridgehead atoms. The van der Waals surface area contributed by atoms with Gasteiger partial charge in [0.05, 0.1) is 31.2 Å². The molecule has 0 spiro atoms. The third-order valence-corrected chi connectivity index (χ3v) is 5.25. The molecule has 3 rings (SSSR count). The summed E-state index contributed by atoms with van der Waals surface area (Å²) in [5, 5.41) is 6.86. The molecule has 146 valence electrons. The summed E-state index contributed by atoms with van der Waals surface area (Å²) in [6.45, 7) is 3.79. The number of thioether (sulfide) groups is 1. The molecule has 1 amide bonds. The zero-order valence-electron chi connectivity index (χ0n) is 16.2. The molecule has 1 N–H and O–H groups in total. The molecule has 6 nitrogen and oxygen atoms in total. The zero-order valence-corrected chi connectivity index (χ0v) is 17.1. The predicted octanol–water partition coefficient (Wildman–Crippen LogP) is 4.85. The Morgan fingerprint density at radius 3 is 2.50 bits per heavy atom. The van der Waals surface area contributed by atoms with Gasteiger partial charge in [-0.15, -0.1) is 11.8 Å². The molecule has 7 heteroatoms. The summed E-state index contributed by atoms with van der Waals surface area (Å²) in [7, 11) is 3.15. The topological polar surface area (TPSA) is 73.6 Å². The van der Waals surface area contributed by atoms with Gasteiger partial charge in [-0.1, -0.05) is 17.3 Å². The lowest BCUT2D eigenvalue weighted by Crippen LogP contribution is -2.14. The van der Waals surface area contributed by atoms with Crippen molar-refractivity contribution < 1.29 is 18.8 Å². The van der Waals surface area contributed by atoms with Crippen molar-refractivity contribution >= 4 is 23.4 Å². The largest absolute Gasteiger partial charge is 0.493 e. The van der Waals surface area contributed by atoms with E-state index in [1.807, 2.05) is 44.2 Å². The summed E-state index contributed by atoms with van der Waals surface area (Å²) in [5.41, 5.74) is 2.99. The highest BCUT2D eigenvalue weighted by molar-refractivity contribution is 7.98. The van der Waals surface area contributed by atoms with Crippen molar-refractivity contribution in [3.8, 4) is 11.5 Å². The number of rotatable bonds is 7. The molecule has 0 aliphatic rings. The molecule has 0 saturated carbocycles. The van der Waals surface area contributed by atoms with Crippen LogP contribution in [0.4, 0.5) is 5.69 Å². The fourth-order valence-corrected chi connectivity index (χ4v) is 3.64. The molecule has 28 heavy (non-hydrogen) atoms. The van der Waals surface area contributed by atoms with E-state index in [0.29, 0.717) is 28.5 Å². The van der Waals surface area contributed by atoms with E-state index in [0.717, 1.165) is 21.9 Å². The van der Waals surface area contributed by atoms with Crippen LogP contribution in [0.5, 0.6) is 11.5 Å². The SMILES string of the molecule is COc1cc(C)c(NC(=O)c2ccccc2SCc2cc(C)no2)cc1OC. The Bertz CT molecular complexity index is 984. The van der Waals surface area contributed by atoms with Gasteiger partial charge >= 0.3 is 0 Å². The molecule has 0 aliphatic heterocycles. The first kappa shape index (κ1) is 19.8. The van der Waals surface area contributed by atoms with Gasteiger partial charge in [-0.3, -0.25) is 4.79 Å². The smallest absolute Gasteiger partial charge is 0.256 e. The molecule has 0 atom stereocenters. The Labute approximate surface area is 168 Å². The number of nitrogens with zero attached hydrogens (tertiary/aromatic N) is 1. The van der Waals surface area contributed by atoms with Crippen LogP contribution in [0.3, 0.4) is 0 Å².